The zero-order valence-corrected chi connectivity index (χ0v) is 11.4. The van der Waals surface area contributed by atoms with E-state index in [0.717, 1.165) is 30.2 Å². The van der Waals surface area contributed by atoms with Crippen molar-refractivity contribution >= 4 is 11.6 Å². The second kappa shape index (κ2) is 5.82. The summed E-state index contributed by atoms with van der Waals surface area (Å²) in [5, 5.41) is 0. The number of aryl methyl sites for hydroxylation is 1. The Morgan fingerprint density at radius 2 is 1.94 bits per heavy atom. The molecule has 5 heteroatoms. The van der Waals surface area contributed by atoms with Gasteiger partial charge in [-0.05, 0) is 34.1 Å². The van der Waals surface area contributed by atoms with E-state index in [9.17, 15) is 0 Å². The predicted octanol–water partition coefficient (Wildman–Crippen LogP) is 2.00. The lowest BCUT2D eigenvalue weighted by Crippen LogP contribution is -2.33. The quantitative estimate of drug-likeness (QED) is 0.605. The van der Waals surface area contributed by atoms with Gasteiger partial charge in [-0.25, -0.2) is 15.8 Å². The van der Waals surface area contributed by atoms with E-state index in [0.29, 0.717) is 11.9 Å². The highest BCUT2D eigenvalue weighted by molar-refractivity contribution is 5.58. The van der Waals surface area contributed by atoms with E-state index in [1.165, 1.54) is 0 Å². The molecule has 0 amide bonds. The molecule has 0 saturated carbocycles. The van der Waals surface area contributed by atoms with Crippen LogP contribution in [-0.4, -0.2) is 22.6 Å². The van der Waals surface area contributed by atoms with Crippen molar-refractivity contribution in [1.29, 1.82) is 0 Å². The molecule has 3 N–H and O–H groups in total. The van der Waals surface area contributed by atoms with Crippen molar-refractivity contribution in [3.8, 4) is 0 Å². The Bertz CT molecular complexity index is 375. The first-order valence-corrected chi connectivity index (χ1v) is 6.09. The first-order valence-electron chi connectivity index (χ1n) is 6.09. The number of rotatable bonds is 5. The molecule has 0 fully saturated rings. The second-order valence-electron chi connectivity index (χ2n) is 4.50. The summed E-state index contributed by atoms with van der Waals surface area (Å²) in [6.07, 6.45) is 1.09. The van der Waals surface area contributed by atoms with Crippen molar-refractivity contribution in [3.05, 3.63) is 11.4 Å². The Morgan fingerprint density at radius 3 is 2.41 bits per heavy atom. The van der Waals surface area contributed by atoms with Crippen LogP contribution in [0.25, 0.3) is 0 Å². The van der Waals surface area contributed by atoms with Crippen molar-refractivity contribution in [2.45, 2.75) is 47.1 Å². The summed E-state index contributed by atoms with van der Waals surface area (Å²) >= 11 is 0. The fourth-order valence-electron chi connectivity index (χ4n) is 1.88. The van der Waals surface area contributed by atoms with Crippen LogP contribution >= 0.6 is 0 Å². The van der Waals surface area contributed by atoms with Gasteiger partial charge in [0.25, 0.3) is 0 Å². The minimum absolute atomic E-state index is 0.411. The van der Waals surface area contributed by atoms with Gasteiger partial charge in [-0.1, -0.05) is 6.92 Å². The molecule has 0 unspecified atom stereocenters. The van der Waals surface area contributed by atoms with Crippen LogP contribution < -0.4 is 16.2 Å². The largest absolute Gasteiger partial charge is 0.354 e. The standard InChI is InChI=1S/C12H23N5/c1-6-7-17(8(2)3)12-9(4)11(16-13)14-10(5)15-12/h8H,6-7,13H2,1-5H3,(H,14,15,16). The lowest BCUT2D eigenvalue weighted by atomic mass is 10.2. The van der Waals surface area contributed by atoms with E-state index in [1.807, 2.05) is 13.8 Å². The Morgan fingerprint density at radius 1 is 1.29 bits per heavy atom. The fraction of sp³-hybridized carbons (Fsp3) is 0.667. The molecule has 0 radical (unpaired) electrons. The fourth-order valence-corrected chi connectivity index (χ4v) is 1.88. The molecular weight excluding hydrogens is 214 g/mol. The van der Waals surface area contributed by atoms with Crippen LogP contribution in [0.4, 0.5) is 11.6 Å². The highest BCUT2D eigenvalue weighted by atomic mass is 15.3. The number of nitrogens with zero attached hydrogens (tertiary/aromatic N) is 3. The van der Waals surface area contributed by atoms with Crippen molar-refractivity contribution in [2.75, 3.05) is 16.9 Å². The average molecular weight is 237 g/mol. The summed E-state index contributed by atoms with van der Waals surface area (Å²) < 4.78 is 0. The van der Waals surface area contributed by atoms with Crippen LogP contribution in [0.3, 0.4) is 0 Å². The van der Waals surface area contributed by atoms with Gasteiger partial charge in [-0.15, -0.1) is 0 Å². The minimum atomic E-state index is 0.411. The van der Waals surface area contributed by atoms with Crippen LogP contribution in [0, 0.1) is 13.8 Å². The molecule has 0 atom stereocenters. The average Bonchev–Trinajstić information content (AvgIpc) is 2.28. The van der Waals surface area contributed by atoms with Crippen molar-refractivity contribution in [1.82, 2.24) is 9.97 Å². The number of nitrogens with one attached hydrogen (secondary N) is 1. The molecule has 0 aliphatic heterocycles. The highest BCUT2D eigenvalue weighted by Crippen LogP contribution is 2.24. The van der Waals surface area contributed by atoms with Crippen LogP contribution in [0.5, 0.6) is 0 Å². The zero-order chi connectivity index (χ0) is 13.0. The molecule has 1 rings (SSSR count). The van der Waals surface area contributed by atoms with Crippen LogP contribution in [-0.2, 0) is 0 Å². The molecule has 0 aliphatic carbocycles. The Kier molecular flexibility index (Phi) is 4.69. The van der Waals surface area contributed by atoms with Gasteiger partial charge >= 0.3 is 0 Å². The topological polar surface area (TPSA) is 67.1 Å². The first-order chi connectivity index (χ1) is 8.01. The second-order valence-corrected chi connectivity index (χ2v) is 4.50. The zero-order valence-electron chi connectivity index (χ0n) is 11.4. The van der Waals surface area contributed by atoms with Gasteiger partial charge in [0.05, 0.1) is 0 Å². The molecule has 1 aromatic heterocycles. The van der Waals surface area contributed by atoms with Crippen LogP contribution in [0.15, 0.2) is 0 Å². The highest BCUT2D eigenvalue weighted by Gasteiger charge is 2.17. The molecule has 17 heavy (non-hydrogen) atoms. The van der Waals surface area contributed by atoms with Gasteiger partial charge in [0, 0.05) is 18.2 Å². The Hall–Kier alpha value is -1.36. The lowest BCUT2D eigenvalue weighted by molar-refractivity contribution is 0.657. The molecule has 0 spiro atoms. The van der Waals surface area contributed by atoms with E-state index in [4.69, 9.17) is 5.84 Å². The van der Waals surface area contributed by atoms with E-state index < -0.39 is 0 Å². The monoisotopic (exact) mass is 237 g/mol. The third-order valence-corrected chi connectivity index (χ3v) is 2.73. The number of hydrogen-bond acceptors (Lipinski definition) is 5. The Balaban J connectivity index is 3.22. The molecule has 0 aliphatic rings. The number of aromatic nitrogens is 2. The summed E-state index contributed by atoms with van der Waals surface area (Å²) in [5.41, 5.74) is 3.63. The van der Waals surface area contributed by atoms with E-state index in [1.54, 1.807) is 0 Å². The van der Waals surface area contributed by atoms with Gasteiger partial charge < -0.3 is 10.3 Å². The SMILES string of the molecule is CCCN(c1nc(C)nc(NN)c1C)C(C)C. The molecule has 5 nitrogen and oxygen atoms in total. The lowest BCUT2D eigenvalue weighted by Gasteiger charge is -2.29. The first kappa shape index (κ1) is 13.7. The Labute approximate surface area is 103 Å². The number of hydrogen-bond donors (Lipinski definition) is 2. The summed E-state index contributed by atoms with van der Waals surface area (Å²) in [6, 6.07) is 0.411. The smallest absolute Gasteiger partial charge is 0.148 e. The minimum Gasteiger partial charge on any atom is -0.354 e. The van der Waals surface area contributed by atoms with E-state index >= 15 is 0 Å². The summed E-state index contributed by atoms with van der Waals surface area (Å²) in [7, 11) is 0. The third kappa shape index (κ3) is 3.06. The molecule has 0 saturated heterocycles. The molecular formula is C12H23N5. The molecule has 0 aromatic carbocycles. The van der Waals surface area contributed by atoms with Crippen molar-refractivity contribution < 1.29 is 0 Å². The normalized spacial score (nSPS) is 10.8. The van der Waals surface area contributed by atoms with Crippen LogP contribution in [0.1, 0.15) is 38.6 Å². The van der Waals surface area contributed by atoms with E-state index in [-0.39, 0.29) is 0 Å². The summed E-state index contributed by atoms with van der Waals surface area (Å²) in [6.45, 7) is 11.4. The molecule has 0 bridgehead atoms. The van der Waals surface area contributed by atoms with Crippen molar-refractivity contribution in [3.63, 3.8) is 0 Å². The van der Waals surface area contributed by atoms with Gasteiger partial charge in [-0.2, -0.15) is 0 Å². The molecule has 1 aromatic rings. The number of hydrazine groups is 1. The maximum absolute atomic E-state index is 5.48. The maximum atomic E-state index is 5.48. The van der Waals surface area contributed by atoms with Gasteiger partial charge in [0.1, 0.15) is 17.5 Å². The number of nitrogens with two attached hydrogens (primary N) is 1. The van der Waals surface area contributed by atoms with Gasteiger partial charge in [-0.3, -0.25) is 0 Å². The van der Waals surface area contributed by atoms with Gasteiger partial charge in [0.15, 0.2) is 0 Å². The predicted molar refractivity (Wildman–Crippen MR) is 72.1 cm³/mol. The van der Waals surface area contributed by atoms with Gasteiger partial charge in [0.2, 0.25) is 0 Å². The third-order valence-electron chi connectivity index (χ3n) is 2.73. The maximum Gasteiger partial charge on any atom is 0.148 e. The summed E-state index contributed by atoms with van der Waals surface area (Å²) in [4.78, 5) is 11.1. The van der Waals surface area contributed by atoms with Crippen LogP contribution in [0.2, 0.25) is 0 Å². The summed E-state index contributed by atoms with van der Waals surface area (Å²) in [5.74, 6) is 7.89. The number of nitrogen functional groups attached to an aromatic ring is 1. The van der Waals surface area contributed by atoms with E-state index in [2.05, 4.69) is 41.1 Å². The number of anilines is 2. The van der Waals surface area contributed by atoms with Crippen molar-refractivity contribution in [2.24, 2.45) is 5.84 Å². The molecule has 96 valence electrons. The molecule has 1 heterocycles.